The summed E-state index contributed by atoms with van der Waals surface area (Å²) in [5.74, 6) is 1.03. The van der Waals surface area contributed by atoms with E-state index in [2.05, 4.69) is 5.32 Å². The van der Waals surface area contributed by atoms with Crippen LogP contribution >= 0.6 is 11.8 Å². The average molecular weight is 422 g/mol. The first-order valence-corrected chi connectivity index (χ1v) is 10.4. The van der Waals surface area contributed by atoms with Gasteiger partial charge in [0.15, 0.2) is 11.5 Å². The van der Waals surface area contributed by atoms with Gasteiger partial charge in [0.2, 0.25) is 0 Å². The highest BCUT2D eigenvalue weighted by Crippen LogP contribution is 2.36. The van der Waals surface area contributed by atoms with Gasteiger partial charge < -0.3 is 19.7 Å². The van der Waals surface area contributed by atoms with Crippen LogP contribution in [0.2, 0.25) is 0 Å². The number of hydrogen-bond acceptors (Lipinski definition) is 4. The third kappa shape index (κ3) is 5.32. The fraction of sp³-hybridized carbons (Fsp3) is 0.381. The van der Waals surface area contributed by atoms with Crippen LogP contribution in [0.3, 0.4) is 0 Å². The lowest BCUT2D eigenvalue weighted by atomic mass is 10.1. The summed E-state index contributed by atoms with van der Waals surface area (Å²) >= 11 is 1.55. The number of amides is 2. The molecule has 1 saturated heterocycles. The number of carbonyl (C=O) groups is 1. The number of hydrogen-bond donors (Lipinski definition) is 1. The Kier molecular flexibility index (Phi) is 7.19. The summed E-state index contributed by atoms with van der Waals surface area (Å²) in [6.45, 7) is 1.38. The lowest BCUT2D eigenvalue weighted by Gasteiger charge is -2.21. The van der Waals surface area contributed by atoms with E-state index in [4.69, 9.17) is 9.47 Å². The number of nitrogens with one attached hydrogen (secondary N) is 1. The molecule has 1 fully saturated rings. The SMILES string of the molecule is COc1ccc(CNC(=O)N2CCSC(c3cc(F)ccc3F)CC2)cc1OC. The number of urea groups is 1. The fourth-order valence-electron chi connectivity index (χ4n) is 3.26. The molecular formula is C21H24F2N2O3S. The molecule has 0 radical (unpaired) electrons. The highest BCUT2D eigenvalue weighted by atomic mass is 32.2. The standard InChI is InChI=1S/C21H24F2N2O3S/c1-27-18-6-3-14(11-19(18)28-2)13-24-21(26)25-8-7-20(29-10-9-25)16-12-15(22)4-5-17(16)23/h3-6,11-12,20H,7-10,13H2,1-2H3,(H,24,26). The number of carbonyl (C=O) groups excluding carboxylic acids is 1. The van der Waals surface area contributed by atoms with Crippen molar-refractivity contribution in [1.82, 2.24) is 10.2 Å². The molecule has 1 atom stereocenters. The van der Waals surface area contributed by atoms with E-state index in [1.54, 1.807) is 36.9 Å². The van der Waals surface area contributed by atoms with Gasteiger partial charge in [-0.05, 0) is 42.3 Å². The van der Waals surface area contributed by atoms with E-state index in [0.717, 1.165) is 17.7 Å². The smallest absolute Gasteiger partial charge is 0.317 e. The first-order chi connectivity index (χ1) is 14.0. The normalized spacial score (nSPS) is 16.8. The lowest BCUT2D eigenvalue weighted by Crippen LogP contribution is -2.40. The molecular weight excluding hydrogens is 398 g/mol. The molecule has 1 N–H and O–H groups in total. The van der Waals surface area contributed by atoms with Crippen LogP contribution in [-0.4, -0.2) is 44.0 Å². The molecule has 2 aromatic carbocycles. The van der Waals surface area contributed by atoms with Gasteiger partial charge in [0.1, 0.15) is 11.6 Å². The highest BCUT2D eigenvalue weighted by molar-refractivity contribution is 7.99. The molecule has 1 aliphatic heterocycles. The number of benzene rings is 2. The highest BCUT2D eigenvalue weighted by Gasteiger charge is 2.24. The number of methoxy groups -OCH3 is 2. The van der Waals surface area contributed by atoms with Crippen LogP contribution in [0.4, 0.5) is 13.6 Å². The molecule has 0 saturated carbocycles. The van der Waals surface area contributed by atoms with Gasteiger partial charge in [0.25, 0.3) is 0 Å². The van der Waals surface area contributed by atoms with E-state index >= 15 is 0 Å². The molecule has 0 aromatic heterocycles. The third-order valence-corrected chi connectivity index (χ3v) is 6.14. The monoisotopic (exact) mass is 422 g/mol. The summed E-state index contributed by atoms with van der Waals surface area (Å²) in [5, 5.41) is 2.74. The van der Waals surface area contributed by atoms with Crippen LogP contribution in [0.25, 0.3) is 0 Å². The van der Waals surface area contributed by atoms with E-state index in [1.807, 2.05) is 12.1 Å². The van der Waals surface area contributed by atoms with Crippen LogP contribution in [0, 0.1) is 11.6 Å². The largest absolute Gasteiger partial charge is 0.493 e. The van der Waals surface area contributed by atoms with Crippen LogP contribution < -0.4 is 14.8 Å². The number of ether oxygens (including phenoxy) is 2. The van der Waals surface area contributed by atoms with Gasteiger partial charge in [-0.2, -0.15) is 11.8 Å². The first-order valence-electron chi connectivity index (χ1n) is 9.32. The van der Waals surface area contributed by atoms with Crippen molar-refractivity contribution in [2.45, 2.75) is 18.2 Å². The first kappa shape index (κ1) is 21.2. The van der Waals surface area contributed by atoms with Gasteiger partial charge in [-0.1, -0.05) is 6.07 Å². The van der Waals surface area contributed by atoms with Crippen LogP contribution in [0.15, 0.2) is 36.4 Å². The maximum absolute atomic E-state index is 14.1. The molecule has 3 rings (SSSR count). The summed E-state index contributed by atoms with van der Waals surface area (Å²) in [6.07, 6.45) is 0.564. The summed E-state index contributed by atoms with van der Waals surface area (Å²) in [7, 11) is 3.13. The molecule has 1 unspecified atom stereocenters. The van der Waals surface area contributed by atoms with Crippen molar-refractivity contribution in [1.29, 1.82) is 0 Å². The second kappa shape index (κ2) is 9.82. The van der Waals surface area contributed by atoms with E-state index < -0.39 is 11.6 Å². The van der Waals surface area contributed by atoms with Crippen molar-refractivity contribution >= 4 is 17.8 Å². The van der Waals surface area contributed by atoms with E-state index in [1.165, 1.54) is 6.07 Å². The maximum Gasteiger partial charge on any atom is 0.317 e. The number of rotatable bonds is 5. The van der Waals surface area contributed by atoms with Gasteiger partial charge in [0, 0.05) is 36.2 Å². The Labute approximate surface area is 173 Å². The van der Waals surface area contributed by atoms with E-state index in [9.17, 15) is 13.6 Å². The molecule has 0 bridgehead atoms. The Morgan fingerprint density at radius 1 is 1.14 bits per heavy atom. The Balaban J connectivity index is 1.57. The summed E-state index contributed by atoms with van der Waals surface area (Å²) in [6, 6.07) is 8.82. The zero-order chi connectivity index (χ0) is 20.8. The third-order valence-electron chi connectivity index (χ3n) is 4.83. The Bertz CT molecular complexity index is 866. The minimum atomic E-state index is -0.448. The number of halogens is 2. The minimum absolute atomic E-state index is 0.172. The van der Waals surface area contributed by atoms with Crippen molar-refractivity contribution in [3.05, 3.63) is 59.2 Å². The zero-order valence-corrected chi connectivity index (χ0v) is 17.2. The molecule has 29 heavy (non-hydrogen) atoms. The summed E-state index contributed by atoms with van der Waals surface area (Å²) in [5.41, 5.74) is 1.25. The quantitative estimate of drug-likeness (QED) is 0.777. The molecule has 156 valence electrons. The Hall–Kier alpha value is -2.48. The van der Waals surface area contributed by atoms with Crippen molar-refractivity contribution in [3.8, 4) is 11.5 Å². The van der Waals surface area contributed by atoms with Crippen molar-refractivity contribution in [2.24, 2.45) is 0 Å². The van der Waals surface area contributed by atoms with Gasteiger partial charge in [0.05, 0.1) is 14.2 Å². The topological polar surface area (TPSA) is 50.8 Å². The molecule has 8 heteroatoms. The Morgan fingerprint density at radius 2 is 1.93 bits per heavy atom. The average Bonchev–Trinajstić information content (AvgIpc) is 2.99. The molecule has 1 heterocycles. The van der Waals surface area contributed by atoms with Crippen molar-refractivity contribution in [3.63, 3.8) is 0 Å². The maximum atomic E-state index is 14.1. The molecule has 5 nitrogen and oxygen atoms in total. The summed E-state index contributed by atoms with van der Waals surface area (Å²) < 4.78 is 38.1. The summed E-state index contributed by atoms with van der Waals surface area (Å²) in [4.78, 5) is 14.3. The predicted molar refractivity (Wildman–Crippen MR) is 110 cm³/mol. The molecule has 2 amide bonds. The van der Waals surface area contributed by atoms with E-state index in [-0.39, 0.29) is 11.3 Å². The van der Waals surface area contributed by atoms with Gasteiger partial charge >= 0.3 is 6.03 Å². The molecule has 2 aromatic rings. The van der Waals surface area contributed by atoms with Crippen molar-refractivity contribution < 1.29 is 23.0 Å². The second-order valence-electron chi connectivity index (χ2n) is 6.65. The van der Waals surface area contributed by atoms with E-state index in [0.29, 0.717) is 48.9 Å². The zero-order valence-electron chi connectivity index (χ0n) is 16.4. The molecule has 1 aliphatic rings. The minimum Gasteiger partial charge on any atom is -0.493 e. The molecule has 0 aliphatic carbocycles. The number of thioether (sulfide) groups is 1. The van der Waals surface area contributed by atoms with Gasteiger partial charge in [-0.25, -0.2) is 13.6 Å². The predicted octanol–water partition coefficient (Wildman–Crippen LogP) is 4.37. The lowest BCUT2D eigenvalue weighted by molar-refractivity contribution is 0.200. The van der Waals surface area contributed by atoms with Crippen molar-refractivity contribution in [2.75, 3.05) is 33.1 Å². The molecule has 0 spiro atoms. The van der Waals surface area contributed by atoms with Crippen LogP contribution in [0.1, 0.15) is 22.8 Å². The second-order valence-corrected chi connectivity index (χ2v) is 7.96. The van der Waals surface area contributed by atoms with Crippen LogP contribution in [0.5, 0.6) is 11.5 Å². The number of nitrogens with zero attached hydrogens (tertiary/aromatic N) is 1. The van der Waals surface area contributed by atoms with Crippen LogP contribution in [-0.2, 0) is 6.54 Å². The fourth-order valence-corrected chi connectivity index (χ4v) is 4.51. The Morgan fingerprint density at radius 3 is 2.69 bits per heavy atom. The van der Waals surface area contributed by atoms with Gasteiger partial charge in [-0.15, -0.1) is 0 Å². The van der Waals surface area contributed by atoms with Gasteiger partial charge in [-0.3, -0.25) is 0 Å².